The Kier molecular flexibility index (Phi) is 4.79. The summed E-state index contributed by atoms with van der Waals surface area (Å²) >= 11 is 0. The topological polar surface area (TPSA) is 79.8 Å². The molecule has 8 heteroatoms. The second-order valence-electron chi connectivity index (χ2n) is 8.70. The lowest BCUT2D eigenvalue weighted by Gasteiger charge is -2.40. The summed E-state index contributed by atoms with van der Waals surface area (Å²) in [5.74, 6) is 2.06. The Bertz CT molecular complexity index is 1510. The third kappa shape index (κ3) is 3.22. The number of fused-ring (bicyclic) bond motifs is 3. The minimum absolute atomic E-state index is 0.00715. The van der Waals surface area contributed by atoms with Crippen LogP contribution in [-0.2, 0) is 0 Å². The van der Waals surface area contributed by atoms with Crippen molar-refractivity contribution in [2.24, 2.45) is 0 Å². The first-order valence-electron chi connectivity index (χ1n) is 11.4. The highest BCUT2D eigenvalue weighted by atomic mass is 16.3. The highest BCUT2D eigenvalue weighted by Crippen LogP contribution is 2.30. The molecule has 1 unspecified atom stereocenters. The maximum Gasteiger partial charge on any atom is 0.254 e. The average Bonchev–Trinajstić information content (AvgIpc) is 3.54. The van der Waals surface area contributed by atoms with Crippen LogP contribution < -0.4 is 4.90 Å². The molecule has 1 amide bonds. The van der Waals surface area contributed by atoms with E-state index in [1.54, 1.807) is 6.26 Å². The van der Waals surface area contributed by atoms with Gasteiger partial charge in [-0.2, -0.15) is 0 Å². The van der Waals surface area contributed by atoms with Gasteiger partial charge in [0.1, 0.15) is 0 Å². The number of hydrogen-bond acceptors (Lipinski definition) is 6. The molecule has 6 rings (SSSR count). The van der Waals surface area contributed by atoms with Gasteiger partial charge >= 0.3 is 0 Å². The fourth-order valence-corrected chi connectivity index (χ4v) is 4.75. The summed E-state index contributed by atoms with van der Waals surface area (Å²) in [4.78, 5) is 22.5. The molecule has 1 fully saturated rings. The van der Waals surface area contributed by atoms with Gasteiger partial charge in [0.2, 0.25) is 11.8 Å². The molecule has 170 valence electrons. The number of carbonyl (C=O) groups is 1. The third-order valence-electron chi connectivity index (χ3n) is 6.52. The van der Waals surface area contributed by atoms with E-state index in [1.807, 2.05) is 76.9 Å². The number of aromatic nitrogens is 4. The van der Waals surface area contributed by atoms with Crippen molar-refractivity contribution in [3.05, 3.63) is 78.1 Å². The van der Waals surface area contributed by atoms with E-state index in [9.17, 15) is 4.79 Å². The molecule has 1 aliphatic rings. The second kappa shape index (κ2) is 7.98. The van der Waals surface area contributed by atoms with Crippen LogP contribution in [0, 0.1) is 6.92 Å². The Labute approximate surface area is 196 Å². The predicted octanol–water partition coefficient (Wildman–Crippen LogP) is 4.20. The van der Waals surface area contributed by atoms with Crippen LogP contribution in [0.3, 0.4) is 0 Å². The van der Waals surface area contributed by atoms with Crippen molar-refractivity contribution in [3.8, 4) is 11.6 Å². The van der Waals surface area contributed by atoms with E-state index in [0.717, 1.165) is 33.6 Å². The summed E-state index contributed by atoms with van der Waals surface area (Å²) in [6.45, 7) is 5.96. The Morgan fingerprint density at radius 1 is 1.00 bits per heavy atom. The molecule has 1 saturated heterocycles. The van der Waals surface area contributed by atoms with Gasteiger partial charge in [-0.15, -0.1) is 10.2 Å². The molecule has 4 heterocycles. The van der Waals surface area contributed by atoms with Crippen LogP contribution in [0.2, 0.25) is 0 Å². The number of para-hydroxylation sites is 1. The highest BCUT2D eigenvalue weighted by molar-refractivity contribution is 5.96. The first-order valence-corrected chi connectivity index (χ1v) is 11.4. The Balaban J connectivity index is 1.40. The normalized spacial score (nSPS) is 16.5. The van der Waals surface area contributed by atoms with Gasteiger partial charge in [0, 0.05) is 36.6 Å². The number of piperazine rings is 1. The summed E-state index contributed by atoms with van der Waals surface area (Å²) in [6.07, 6.45) is 1.63. The van der Waals surface area contributed by atoms with Crippen molar-refractivity contribution >= 4 is 28.4 Å². The molecule has 1 aliphatic heterocycles. The predicted molar refractivity (Wildman–Crippen MR) is 130 cm³/mol. The maximum atomic E-state index is 13.3. The number of furan rings is 1. The van der Waals surface area contributed by atoms with E-state index < -0.39 is 0 Å². The van der Waals surface area contributed by atoms with E-state index in [1.165, 1.54) is 0 Å². The van der Waals surface area contributed by atoms with Gasteiger partial charge in [-0.05, 0) is 49.7 Å². The van der Waals surface area contributed by atoms with Crippen molar-refractivity contribution in [2.75, 3.05) is 24.5 Å². The summed E-state index contributed by atoms with van der Waals surface area (Å²) in [6, 6.07) is 19.4. The lowest BCUT2D eigenvalue weighted by atomic mass is 10.1. The van der Waals surface area contributed by atoms with E-state index in [0.29, 0.717) is 31.2 Å². The van der Waals surface area contributed by atoms with Crippen molar-refractivity contribution in [3.63, 3.8) is 0 Å². The van der Waals surface area contributed by atoms with Crippen molar-refractivity contribution < 1.29 is 9.21 Å². The van der Waals surface area contributed by atoms with Crippen LogP contribution in [0.5, 0.6) is 0 Å². The monoisotopic (exact) mass is 452 g/mol. The summed E-state index contributed by atoms with van der Waals surface area (Å²) in [5.41, 5.74) is 3.34. The fraction of sp³-hybridized carbons (Fsp3) is 0.231. The standard InChI is InChI=1S/C26H24N6O2/c1-17-8-3-4-9-19(17)25(33)31-14-13-30(16-18(31)2)26-27-21-11-6-5-10-20(21)23-28-29-24(32(23)26)22-12-7-15-34-22/h3-12,15,18H,13-14,16H2,1-2H3. The minimum atomic E-state index is 0.00715. The average molecular weight is 453 g/mol. The molecule has 8 nitrogen and oxygen atoms in total. The number of carbonyl (C=O) groups excluding carboxylic acids is 1. The quantitative estimate of drug-likeness (QED) is 0.408. The Morgan fingerprint density at radius 3 is 2.62 bits per heavy atom. The zero-order valence-electron chi connectivity index (χ0n) is 19.0. The molecule has 0 radical (unpaired) electrons. The van der Waals surface area contributed by atoms with E-state index in [-0.39, 0.29) is 11.9 Å². The number of anilines is 1. The molecule has 1 atom stereocenters. The van der Waals surface area contributed by atoms with Crippen molar-refractivity contribution in [1.29, 1.82) is 0 Å². The number of amides is 1. The molecular weight excluding hydrogens is 428 g/mol. The molecule has 0 bridgehead atoms. The van der Waals surface area contributed by atoms with Gasteiger partial charge in [-0.3, -0.25) is 4.79 Å². The zero-order chi connectivity index (χ0) is 23.2. The molecule has 5 aromatic rings. The SMILES string of the molecule is Cc1ccccc1C(=O)N1CCN(c2nc3ccccc3c3nnc(-c4ccco4)n23)CC1C. The first kappa shape index (κ1) is 20.4. The highest BCUT2D eigenvalue weighted by Gasteiger charge is 2.31. The third-order valence-corrected chi connectivity index (χ3v) is 6.52. The maximum absolute atomic E-state index is 13.3. The molecule has 0 spiro atoms. The lowest BCUT2D eigenvalue weighted by molar-refractivity contribution is 0.0672. The molecular formula is C26H24N6O2. The molecule has 0 N–H and O–H groups in total. The first-order chi connectivity index (χ1) is 16.6. The number of nitrogens with zero attached hydrogens (tertiary/aromatic N) is 6. The zero-order valence-corrected chi connectivity index (χ0v) is 19.0. The Hall–Kier alpha value is -4.20. The van der Waals surface area contributed by atoms with Crippen LogP contribution in [-0.4, -0.2) is 56.1 Å². The van der Waals surface area contributed by atoms with Crippen LogP contribution in [0.15, 0.2) is 71.3 Å². The van der Waals surface area contributed by atoms with Crippen molar-refractivity contribution in [2.45, 2.75) is 19.9 Å². The van der Waals surface area contributed by atoms with Gasteiger partial charge in [0.05, 0.1) is 11.8 Å². The van der Waals surface area contributed by atoms with E-state index in [2.05, 4.69) is 22.0 Å². The van der Waals surface area contributed by atoms with Gasteiger partial charge in [0.15, 0.2) is 11.4 Å². The molecule has 2 aromatic carbocycles. The largest absolute Gasteiger partial charge is 0.461 e. The van der Waals surface area contributed by atoms with Gasteiger partial charge in [-0.25, -0.2) is 9.38 Å². The number of hydrogen-bond donors (Lipinski definition) is 0. The molecule has 0 aliphatic carbocycles. The lowest BCUT2D eigenvalue weighted by Crippen LogP contribution is -2.54. The van der Waals surface area contributed by atoms with Crippen molar-refractivity contribution in [1.82, 2.24) is 24.5 Å². The summed E-state index contributed by atoms with van der Waals surface area (Å²) in [7, 11) is 0. The van der Waals surface area contributed by atoms with Gasteiger partial charge < -0.3 is 14.2 Å². The van der Waals surface area contributed by atoms with Crippen LogP contribution >= 0.6 is 0 Å². The smallest absolute Gasteiger partial charge is 0.254 e. The fourth-order valence-electron chi connectivity index (χ4n) is 4.75. The Morgan fingerprint density at radius 2 is 1.82 bits per heavy atom. The van der Waals surface area contributed by atoms with Crippen LogP contribution in [0.1, 0.15) is 22.8 Å². The van der Waals surface area contributed by atoms with Gasteiger partial charge in [-0.1, -0.05) is 30.3 Å². The number of benzene rings is 2. The van der Waals surface area contributed by atoms with Gasteiger partial charge in [0.25, 0.3) is 5.91 Å². The number of rotatable bonds is 3. The van der Waals surface area contributed by atoms with E-state index in [4.69, 9.17) is 9.40 Å². The summed E-state index contributed by atoms with van der Waals surface area (Å²) in [5, 5.41) is 9.86. The second-order valence-corrected chi connectivity index (χ2v) is 8.70. The van der Waals surface area contributed by atoms with E-state index >= 15 is 0 Å². The molecule has 34 heavy (non-hydrogen) atoms. The van der Waals surface area contributed by atoms with Crippen LogP contribution in [0.4, 0.5) is 5.95 Å². The molecule has 0 saturated carbocycles. The summed E-state index contributed by atoms with van der Waals surface area (Å²) < 4.78 is 7.61. The number of aryl methyl sites for hydroxylation is 1. The minimum Gasteiger partial charge on any atom is -0.461 e. The molecule has 3 aromatic heterocycles. The van der Waals surface area contributed by atoms with Crippen LogP contribution in [0.25, 0.3) is 28.1 Å².